The molecule has 0 unspecified atom stereocenters. The Morgan fingerprint density at radius 2 is 2.02 bits per heavy atom. The topological polar surface area (TPSA) is 127 Å². The fourth-order valence-corrected chi connectivity index (χ4v) is 5.74. The summed E-state index contributed by atoms with van der Waals surface area (Å²) < 4.78 is 18.7. The molecule has 1 saturated heterocycles. The van der Waals surface area contributed by atoms with Gasteiger partial charge in [-0.15, -0.1) is 11.3 Å². The van der Waals surface area contributed by atoms with Crippen molar-refractivity contribution in [3.63, 3.8) is 0 Å². The Kier molecular flexibility index (Phi) is 9.14. The molecule has 12 heteroatoms. The molecule has 0 saturated carbocycles. The molecule has 4 heterocycles. The van der Waals surface area contributed by atoms with Crippen LogP contribution < -0.4 is 20.1 Å². The number of nitrogens with zero attached hydrogens (tertiary/aromatic N) is 3. The Morgan fingerprint density at radius 1 is 1.15 bits per heavy atom. The fourth-order valence-electron chi connectivity index (χ4n) is 4.81. The number of carbonyl (C=O) groups excluding carboxylic acids is 2. The maximum Gasteiger partial charge on any atom is 0.325 e. The second kappa shape index (κ2) is 13.1. The van der Waals surface area contributed by atoms with Crippen molar-refractivity contribution >= 4 is 40.0 Å². The van der Waals surface area contributed by atoms with Gasteiger partial charge in [-0.2, -0.15) is 0 Å². The summed E-state index contributed by atoms with van der Waals surface area (Å²) in [6.45, 7) is 2.49. The van der Waals surface area contributed by atoms with Crippen molar-refractivity contribution in [1.82, 2.24) is 19.8 Å². The number of aromatic nitrogens is 2. The van der Waals surface area contributed by atoms with Crippen LogP contribution in [0.5, 0.6) is 17.2 Å². The predicted molar refractivity (Wildman–Crippen MR) is 156 cm³/mol. The Morgan fingerprint density at radius 3 is 2.83 bits per heavy atom. The van der Waals surface area contributed by atoms with Gasteiger partial charge in [0.05, 0.1) is 23.6 Å². The van der Waals surface area contributed by atoms with Gasteiger partial charge in [0, 0.05) is 61.5 Å². The number of anilines is 1. The Balaban J connectivity index is 1.30. The van der Waals surface area contributed by atoms with E-state index in [1.807, 2.05) is 18.2 Å². The smallest absolute Gasteiger partial charge is 0.325 e. The first-order chi connectivity index (χ1) is 20.0. The molecule has 3 aromatic heterocycles. The van der Waals surface area contributed by atoms with Crippen LogP contribution in [0, 0.1) is 0 Å². The van der Waals surface area contributed by atoms with Gasteiger partial charge in [-0.3, -0.25) is 14.3 Å². The number of thiophene rings is 1. The Bertz CT molecular complexity index is 1520. The van der Waals surface area contributed by atoms with E-state index in [2.05, 4.69) is 20.5 Å². The van der Waals surface area contributed by atoms with Gasteiger partial charge < -0.3 is 30.0 Å². The minimum absolute atomic E-state index is 0.153. The van der Waals surface area contributed by atoms with Crippen LogP contribution in [0.4, 0.5) is 10.6 Å². The number of likely N-dealkylation sites (tertiary alicyclic amines) is 1. The monoisotopic (exact) mass is 579 g/mol. The van der Waals surface area contributed by atoms with Crippen molar-refractivity contribution in [1.29, 1.82) is 0 Å². The number of methoxy groups -OCH3 is 1. The van der Waals surface area contributed by atoms with E-state index in [1.54, 1.807) is 50.8 Å². The molecule has 3 N–H and O–H groups in total. The van der Waals surface area contributed by atoms with Crippen LogP contribution in [0.2, 0.25) is 0 Å². The van der Waals surface area contributed by atoms with E-state index < -0.39 is 0 Å². The zero-order valence-corrected chi connectivity index (χ0v) is 23.8. The van der Waals surface area contributed by atoms with Crippen LogP contribution in [-0.2, 0) is 11.3 Å². The van der Waals surface area contributed by atoms with Crippen molar-refractivity contribution < 1.29 is 28.9 Å². The molecule has 2 amide bonds. The lowest BCUT2D eigenvalue weighted by molar-refractivity contribution is 0.103. The first-order valence-corrected chi connectivity index (χ1v) is 14.2. The number of pyridine rings is 1. The van der Waals surface area contributed by atoms with Crippen LogP contribution in [0.15, 0.2) is 54.9 Å². The molecule has 1 aromatic carbocycles. The zero-order valence-electron chi connectivity index (χ0n) is 23.0. The molecule has 5 rings (SSSR count). The predicted octanol–water partition coefficient (Wildman–Crippen LogP) is 4.31. The quantitative estimate of drug-likeness (QED) is 0.224. The van der Waals surface area contributed by atoms with Crippen molar-refractivity contribution in [3.05, 3.63) is 64.6 Å². The molecule has 41 heavy (non-hydrogen) atoms. The van der Waals surface area contributed by atoms with Crippen molar-refractivity contribution in [2.45, 2.75) is 25.4 Å². The molecule has 1 aliphatic rings. The van der Waals surface area contributed by atoms with Gasteiger partial charge in [-0.25, -0.2) is 9.78 Å². The number of carbonyl (C=O) groups is 2. The number of aliphatic hydroxyl groups is 1. The van der Waals surface area contributed by atoms with E-state index in [1.165, 1.54) is 15.9 Å². The number of aliphatic hydroxyl groups excluding tert-OH is 1. The standard InChI is InChI=1S/C29H33N5O6S/c1-30-29(37)34-11-8-19-14-25(24(16-23(19)34)39-13-12-38-2)40-21-7-9-31-27(15-21)32-28(36)26-6-5-22(41-26)17-33-10-3-4-20(33)18-35/h5-9,11,14-16,20,35H,3-4,10,12-13,17-18H2,1-2H3,(H,30,37)(H,31,32,36)/t20-/m0/s1. The highest BCUT2D eigenvalue weighted by molar-refractivity contribution is 7.14. The van der Waals surface area contributed by atoms with E-state index in [-0.39, 0.29) is 31.2 Å². The third-order valence-corrected chi connectivity index (χ3v) is 7.96. The average molecular weight is 580 g/mol. The summed E-state index contributed by atoms with van der Waals surface area (Å²) >= 11 is 1.43. The average Bonchev–Trinajstić information content (AvgIpc) is 3.73. The van der Waals surface area contributed by atoms with Crippen LogP contribution in [0.1, 0.15) is 27.4 Å². The molecule has 216 valence electrons. The first kappa shape index (κ1) is 28.6. The van der Waals surface area contributed by atoms with E-state index in [0.717, 1.165) is 36.2 Å². The molecule has 0 radical (unpaired) electrons. The number of fused-ring (bicyclic) bond motifs is 1. The lowest BCUT2D eigenvalue weighted by Crippen LogP contribution is -2.31. The number of benzene rings is 1. The minimum atomic E-state index is -0.269. The third kappa shape index (κ3) is 6.68. The number of rotatable bonds is 11. The summed E-state index contributed by atoms with van der Waals surface area (Å²) in [5, 5.41) is 15.8. The molecule has 1 fully saturated rings. The van der Waals surface area contributed by atoms with Gasteiger partial charge in [0.2, 0.25) is 0 Å². The van der Waals surface area contributed by atoms with E-state index >= 15 is 0 Å². The lowest BCUT2D eigenvalue weighted by Gasteiger charge is -2.21. The van der Waals surface area contributed by atoms with Gasteiger partial charge >= 0.3 is 6.03 Å². The second-order valence-electron chi connectivity index (χ2n) is 9.59. The molecule has 0 aliphatic carbocycles. The van der Waals surface area contributed by atoms with Crippen molar-refractivity contribution in [3.8, 4) is 17.2 Å². The minimum Gasteiger partial charge on any atom is -0.487 e. The highest BCUT2D eigenvalue weighted by Gasteiger charge is 2.24. The van der Waals surface area contributed by atoms with E-state index in [0.29, 0.717) is 40.1 Å². The Hall–Kier alpha value is -3.97. The number of hydrogen-bond donors (Lipinski definition) is 3. The normalized spacial score (nSPS) is 15.2. The summed E-state index contributed by atoms with van der Waals surface area (Å²) in [5.41, 5.74) is 0.665. The van der Waals surface area contributed by atoms with Crippen LogP contribution in [0.3, 0.4) is 0 Å². The summed E-state index contributed by atoms with van der Waals surface area (Å²) in [6, 6.07) is 12.4. The zero-order chi connectivity index (χ0) is 28.8. The highest BCUT2D eigenvalue weighted by atomic mass is 32.1. The summed E-state index contributed by atoms with van der Waals surface area (Å²) in [6.07, 6.45) is 5.31. The Labute approximate surface area is 241 Å². The second-order valence-corrected chi connectivity index (χ2v) is 10.8. The maximum absolute atomic E-state index is 13.0. The largest absolute Gasteiger partial charge is 0.487 e. The van der Waals surface area contributed by atoms with E-state index in [9.17, 15) is 14.7 Å². The fraction of sp³-hybridized carbons (Fsp3) is 0.345. The molecule has 0 bridgehead atoms. The first-order valence-electron chi connectivity index (χ1n) is 13.4. The SMILES string of the molecule is CNC(=O)n1ccc2cc(Oc3ccnc(NC(=O)c4ccc(CN5CCC[C@H]5CO)s4)c3)c(OCCOC)cc21. The molecular weight excluding hydrogens is 546 g/mol. The van der Waals surface area contributed by atoms with E-state index in [4.69, 9.17) is 14.2 Å². The molecule has 1 atom stereocenters. The van der Waals surface area contributed by atoms with Crippen LogP contribution >= 0.6 is 11.3 Å². The van der Waals surface area contributed by atoms with Crippen molar-refractivity contribution in [2.75, 3.05) is 45.8 Å². The third-order valence-electron chi connectivity index (χ3n) is 6.89. The van der Waals surface area contributed by atoms with Gasteiger partial charge in [-0.05, 0) is 49.7 Å². The highest BCUT2D eigenvalue weighted by Crippen LogP contribution is 2.37. The molecule has 1 aliphatic heterocycles. The maximum atomic E-state index is 13.0. The van der Waals surface area contributed by atoms with Crippen LogP contribution in [0.25, 0.3) is 10.9 Å². The van der Waals surface area contributed by atoms with Crippen LogP contribution in [-0.4, -0.2) is 78.1 Å². The lowest BCUT2D eigenvalue weighted by atomic mass is 10.2. The number of hydrogen-bond acceptors (Lipinski definition) is 9. The number of amides is 2. The van der Waals surface area contributed by atoms with Gasteiger partial charge in [-0.1, -0.05) is 0 Å². The van der Waals surface area contributed by atoms with Gasteiger partial charge in [0.25, 0.3) is 5.91 Å². The van der Waals surface area contributed by atoms with Crippen molar-refractivity contribution in [2.24, 2.45) is 0 Å². The molecule has 11 nitrogen and oxygen atoms in total. The number of nitrogens with one attached hydrogen (secondary N) is 2. The summed E-state index contributed by atoms with van der Waals surface area (Å²) in [5.74, 6) is 1.42. The molecular formula is C29H33N5O6S. The molecule has 4 aromatic rings. The molecule has 0 spiro atoms. The summed E-state index contributed by atoms with van der Waals surface area (Å²) in [7, 11) is 3.16. The van der Waals surface area contributed by atoms with Gasteiger partial charge in [0.1, 0.15) is 18.2 Å². The number of ether oxygens (including phenoxy) is 3. The summed E-state index contributed by atoms with van der Waals surface area (Å²) in [4.78, 5) is 33.4. The van der Waals surface area contributed by atoms with Gasteiger partial charge in [0.15, 0.2) is 11.5 Å².